The van der Waals surface area contributed by atoms with Crippen molar-refractivity contribution in [1.82, 2.24) is 20.1 Å². The number of aryl methyl sites for hydroxylation is 1. The van der Waals surface area contributed by atoms with Gasteiger partial charge in [0.2, 0.25) is 5.91 Å². The van der Waals surface area contributed by atoms with Gasteiger partial charge in [0.05, 0.1) is 5.25 Å². The number of rotatable bonds is 4. The zero-order valence-electron chi connectivity index (χ0n) is 9.93. The number of carbonyl (C=O) groups excluding carboxylic acids is 2. The van der Waals surface area contributed by atoms with E-state index in [1.165, 1.54) is 11.8 Å². The highest BCUT2D eigenvalue weighted by Gasteiger charge is 2.19. The van der Waals surface area contributed by atoms with Gasteiger partial charge in [0.15, 0.2) is 5.16 Å². The van der Waals surface area contributed by atoms with Crippen LogP contribution in [0.5, 0.6) is 0 Å². The number of nitrogens with one attached hydrogen (secondary N) is 1. The van der Waals surface area contributed by atoms with Gasteiger partial charge in [-0.2, -0.15) is 0 Å². The fourth-order valence-electron chi connectivity index (χ4n) is 1.25. The number of hydrogen-bond acceptors (Lipinski definition) is 5. The van der Waals surface area contributed by atoms with Crippen molar-refractivity contribution in [3.8, 4) is 0 Å². The Bertz CT molecular complexity index is 431. The number of primary amides is 1. The Morgan fingerprint density at radius 1 is 1.53 bits per heavy atom. The van der Waals surface area contributed by atoms with Crippen LogP contribution < -0.4 is 11.1 Å². The van der Waals surface area contributed by atoms with Crippen molar-refractivity contribution >= 4 is 23.7 Å². The molecule has 0 saturated carbocycles. The van der Waals surface area contributed by atoms with Gasteiger partial charge < -0.3 is 10.3 Å². The summed E-state index contributed by atoms with van der Waals surface area (Å²) in [6.07, 6.45) is 0. The van der Waals surface area contributed by atoms with Crippen molar-refractivity contribution < 1.29 is 9.59 Å². The number of amides is 3. The molecule has 1 rings (SSSR count). The Kier molecular flexibility index (Phi) is 4.50. The van der Waals surface area contributed by atoms with Gasteiger partial charge >= 0.3 is 6.03 Å². The highest BCUT2D eigenvalue weighted by atomic mass is 32.2. The number of hydrogen-bond donors (Lipinski definition) is 2. The molecule has 8 heteroatoms. The van der Waals surface area contributed by atoms with E-state index in [1.807, 2.05) is 23.7 Å². The maximum Gasteiger partial charge on any atom is 0.318 e. The molecule has 0 aromatic carbocycles. The largest absolute Gasteiger partial charge is 0.351 e. The fraction of sp³-hybridized carbons (Fsp3) is 0.556. The fourth-order valence-corrected chi connectivity index (χ4v) is 2.21. The molecule has 1 atom stereocenters. The lowest BCUT2D eigenvalue weighted by molar-refractivity contribution is -0.119. The van der Waals surface area contributed by atoms with Gasteiger partial charge in [0.1, 0.15) is 5.82 Å². The molecule has 1 heterocycles. The highest BCUT2D eigenvalue weighted by molar-refractivity contribution is 8.00. The van der Waals surface area contributed by atoms with Gasteiger partial charge in [-0.25, -0.2) is 4.79 Å². The van der Waals surface area contributed by atoms with E-state index in [0.29, 0.717) is 5.16 Å². The van der Waals surface area contributed by atoms with E-state index in [1.54, 1.807) is 6.92 Å². The zero-order chi connectivity index (χ0) is 13.0. The summed E-state index contributed by atoms with van der Waals surface area (Å²) in [7, 11) is 0. The summed E-state index contributed by atoms with van der Waals surface area (Å²) in [6.45, 7) is 6.21. The first-order chi connectivity index (χ1) is 7.95. The first-order valence-corrected chi connectivity index (χ1v) is 6.00. The van der Waals surface area contributed by atoms with Gasteiger partial charge in [0.25, 0.3) is 0 Å². The minimum atomic E-state index is -0.851. The SMILES string of the molecule is CCn1c(C)nnc1S[C@H](C)C(=O)NC(N)=O. The van der Waals surface area contributed by atoms with Gasteiger partial charge in [0, 0.05) is 6.54 Å². The summed E-state index contributed by atoms with van der Waals surface area (Å²) >= 11 is 1.24. The number of aromatic nitrogens is 3. The number of thioether (sulfide) groups is 1. The maximum atomic E-state index is 11.5. The molecule has 17 heavy (non-hydrogen) atoms. The normalized spacial score (nSPS) is 12.2. The smallest absolute Gasteiger partial charge is 0.318 e. The molecule has 0 fully saturated rings. The van der Waals surface area contributed by atoms with Crippen molar-refractivity contribution in [2.45, 2.75) is 37.7 Å². The summed E-state index contributed by atoms with van der Waals surface area (Å²) in [6, 6.07) is -0.851. The lowest BCUT2D eigenvalue weighted by atomic mass is 10.4. The summed E-state index contributed by atoms with van der Waals surface area (Å²) in [5.41, 5.74) is 4.87. The van der Waals surface area contributed by atoms with Gasteiger partial charge in [-0.15, -0.1) is 10.2 Å². The Morgan fingerprint density at radius 2 is 2.18 bits per heavy atom. The topological polar surface area (TPSA) is 103 Å². The van der Waals surface area contributed by atoms with E-state index in [0.717, 1.165) is 12.4 Å². The van der Waals surface area contributed by atoms with E-state index < -0.39 is 17.2 Å². The van der Waals surface area contributed by atoms with Crippen LogP contribution in [0.25, 0.3) is 0 Å². The molecule has 0 aliphatic rings. The Balaban J connectivity index is 2.70. The molecule has 3 amide bonds. The molecule has 3 N–H and O–H groups in total. The highest BCUT2D eigenvalue weighted by Crippen LogP contribution is 2.21. The van der Waals surface area contributed by atoms with E-state index in [-0.39, 0.29) is 0 Å². The molecule has 7 nitrogen and oxygen atoms in total. The number of nitrogens with two attached hydrogens (primary N) is 1. The minimum absolute atomic E-state index is 0.439. The number of carbonyl (C=O) groups is 2. The third kappa shape index (κ3) is 3.45. The first kappa shape index (κ1) is 13.5. The molecular formula is C9H15N5O2S. The summed E-state index contributed by atoms with van der Waals surface area (Å²) < 4.78 is 1.89. The number of urea groups is 1. The third-order valence-corrected chi connectivity index (χ3v) is 3.20. The van der Waals surface area contributed by atoms with Gasteiger partial charge in [-0.1, -0.05) is 11.8 Å². The minimum Gasteiger partial charge on any atom is -0.351 e. The lowest BCUT2D eigenvalue weighted by Gasteiger charge is -2.10. The zero-order valence-corrected chi connectivity index (χ0v) is 10.7. The molecular weight excluding hydrogens is 242 g/mol. The average Bonchev–Trinajstić information content (AvgIpc) is 2.58. The molecule has 1 aromatic rings. The number of nitrogens with zero attached hydrogens (tertiary/aromatic N) is 3. The monoisotopic (exact) mass is 257 g/mol. The summed E-state index contributed by atoms with van der Waals surface area (Å²) in [4.78, 5) is 22.0. The van der Waals surface area contributed by atoms with Crippen LogP contribution in [0.2, 0.25) is 0 Å². The maximum absolute atomic E-state index is 11.5. The Labute approximate surface area is 103 Å². The molecule has 1 aromatic heterocycles. The first-order valence-electron chi connectivity index (χ1n) is 5.12. The molecule has 94 valence electrons. The van der Waals surface area contributed by atoms with Crippen LogP contribution in [0, 0.1) is 6.92 Å². The van der Waals surface area contributed by atoms with Gasteiger partial charge in [-0.3, -0.25) is 10.1 Å². The molecule has 0 radical (unpaired) electrons. The second-order valence-corrected chi connectivity index (χ2v) is 4.70. The third-order valence-electron chi connectivity index (χ3n) is 2.12. The summed E-state index contributed by atoms with van der Waals surface area (Å²) in [5.74, 6) is 0.350. The van der Waals surface area contributed by atoms with Crippen LogP contribution in [-0.4, -0.2) is 32.0 Å². The van der Waals surface area contributed by atoms with Crippen molar-refractivity contribution in [1.29, 1.82) is 0 Å². The van der Waals surface area contributed by atoms with Crippen LogP contribution in [0.4, 0.5) is 4.79 Å². The standard InChI is InChI=1S/C9H15N5O2S/c1-4-14-6(3)12-13-9(14)17-5(2)7(15)11-8(10)16/h5H,4H2,1-3H3,(H3,10,11,15,16)/t5-/m1/s1. The van der Waals surface area contributed by atoms with Gasteiger partial charge in [-0.05, 0) is 20.8 Å². The van der Waals surface area contributed by atoms with Crippen molar-refractivity contribution in [3.05, 3.63) is 5.82 Å². The van der Waals surface area contributed by atoms with Crippen LogP contribution in [0.3, 0.4) is 0 Å². The van der Waals surface area contributed by atoms with Crippen LogP contribution in [-0.2, 0) is 11.3 Å². The molecule has 0 saturated heterocycles. The van der Waals surface area contributed by atoms with E-state index >= 15 is 0 Å². The molecule has 0 bridgehead atoms. The Hall–Kier alpha value is -1.57. The predicted octanol–water partition coefficient (Wildman–Crippen LogP) is 0.282. The van der Waals surface area contributed by atoms with E-state index in [2.05, 4.69) is 10.2 Å². The lowest BCUT2D eigenvalue weighted by Crippen LogP contribution is -2.39. The van der Waals surface area contributed by atoms with E-state index in [9.17, 15) is 9.59 Å². The molecule has 0 aliphatic heterocycles. The van der Waals surface area contributed by atoms with Crippen LogP contribution in [0.15, 0.2) is 5.16 Å². The second-order valence-electron chi connectivity index (χ2n) is 3.39. The summed E-state index contributed by atoms with van der Waals surface area (Å²) in [5, 5.41) is 10.1. The van der Waals surface area contributed by atoms with Crippen LogP contribution >= 0.6 is 11.8 Å². The molecule has 0 unspecified atom stereocenters. The van der Waals surface area contributed by atoms with Crippen molar-refractivity contribution in [3.63, 3.8) is 0 Å². The second kappa shape index (κ2) is 5.67. The molecule has 0 aliphatic carbocycles. The average molecular weight is 257 g/mol. The van der Waals surface area contributed by atoms with Crippen molar-refractivity contribution in [2.75, 3.05) is 0 Å². The van der Waals surface area contributed by atoms with Crippen LogP contribution in [0.1, 0.15) is 19.7 Å². The number of imide groups is 1. The molecule has 0 spiro atoms. The van der Waals surface area contributed by atoms with Crippen molar-refractivity contribution in [2.24, 2.45) is 5.73 Å². The van der Waals surface area contributed by atoms with E-state index in [4.69, 9.17) is 5.73 Å². The Morgan fingerprint density at radius 3 is 2.71 bits per heavy atom. The predicted molar refractivity (Wildman–Crippen MR) is 63.5 cm³/mol. The quantitative estimate of drug-likeness (QED) is 0.754.